The largest absolute Gasteiger partial charge is 0.480 e. The number of fused-ring (bicyclic) bond motifs is 1. The van der Waals surface area contributed by atoms with Gasteiger partial charge in [-0.3, -0.25) is 4.79 Å². The maximum atomic E-state index is 12.5. The zero-order chi connectivity index (χ0) is 23.2. The van der Waals surface area contributed by atoms with E-state index in [0.717, 1.165) is 16.0 Å². The van der Waals surface area contributed by atoms with Gasteiger partial charge in [-0.25, -0.2) is 9.59 Å². The van der Waals surface area contributed by atoms with E-state index in [1.807, 2.05) is 47.8 Å². The van der Waals surface area contributed by atoms with E-state index in [1.165, 1.54) is 11.3 Å². The van der Waals surface area contributed by atoms with Gasteiger partial charge in [0, 0.05) is 17.8 Å². The van der Waals surface area contributed by atoms with E-state index >= 15 is 0 Å². The molecule has 0 saturated heterocycles. The van der Waals surface area contributed by atoms with Crippen LogP contribution in [0.15, 0.2) is 75.3 Å². The van der Waals surface area contributed by atoms with Crippen molar-refractivity contribution < 1.29 is 19.1 Å². The van der Waals surface area contributed by atoms with Crippen molar-refractivity contribution in [1.29, 1.82) is 0 Å². The number of aromatic nitrogens is 1. The molecule has 33 heavy (non-hydrogen) atoms. The number of anilines is 1. The van der Waals surface area contributed by atoms with Crippen LogP contribution >= 0.6 is 11.3 Å². The molecule has 0 unspecified atom stereocenters. The van der Waals surface area contributed by atoms with Crippen molar-refractivity contribution in [1.82, 2.24) is 10.3 Å². The summed E-state index contributed by atoms with van der Waals surface area (Å²) in [4.78, 5) is 41.5. The van der Waals surface area contributed by atoms with E-state index in [-0.39, 0.29) is 30.3 Å². The summed E-state index contributed by atoms with van der Waals surface area (Å²) < 4.78 is 5.23. The highest BCUT2D eigenvalue weighted by Gasteiger charge is 2.20. The number of thiophene rings is 1. The quantitative estimate of drug-likeness (QED) is 0.348. The number of nitrogens with zero attached hydrogens (tertiary/aromatic N) is 1. The molecular weight excluding hydrogens is 442 g/mol. The molecule has 0 radical (unpaired) electrons. The number of carboxylic acid groups (broad SMARTS) is 1. The van der Waals surface area contributed by atoms with Gasteiger partial charge in [0.2, 0.25) is 5.91 Å². The lowest BCUT2D eigenvalue weighted by atomic mass is 10.1. The van der Waals surface area contributed by atoms with Crippen LogP contribution in [0, 0.1) is 0 Å². The molecule has 168 valence electrons. The number of hydrogen-bond acceptors (Lipinski definition) is 7. The number of amides is 1. The highest BCUT2D eigenvalue weighted by Crippen LogP contribution is 2.16. The number of aliphatic carboxylic acids is 1. The number of hydrogen-bond donors (Lipinski definition) is 3. The summed E-state index contributed by atoms with van der Waals surface area (Å²) in [7, 11) is 0. The van der Waals surface area contributed by atoms with Crippen LogP contribution in [0.2, 0.25) is 0 Å². The van der Waals surface area contributed by atoms with Crippen molar-refractivity contribution in [3.8, 4) is 0 Å². The molecule has 2 aromatic carbocycles. The van der Waals surface area contributed by atoms with Crippen LogP contribution in [0.3, 0.4) is 0 Å². The van der Waals surface area contributed by atoms with Gasteiger partial charge in [-0.2, -0.15) is 4.98 Å². The SMILES string of the molecule is O=C(Cc1cccs1)NCc1ccc2nc(N[C@@H](Cc3ccccc3)C(=O)O)oc(=O)c2c1. The molecule has 1 amide bonds. The number of rotatable bonds is 9. The lowest BCUT2D eigenvalue weighted by molar-refractivity contribution is -0.138. The van der Waals surface area contributed by atoms with Crippen molar-refractivity contribution in [2.45, 2.75) is 25.4 Å². The van der Waals surface area contributed by atoms with Crippen LogP contribution in [0.1, 0.15) is 16.0 Å². The third-order valence-corrected chi connectivity index (χ3v) is 5.85. The zero-order valence-corrected chi connectivity index (χ0v) is 18.3. The molecule has 1 atom stereocenters. The molecule has 0 fully saturated rings. The van der Waals surface area contributed by atoms with Gasteiger partial charge in [-0.15, -0.1) is 11.3 Å². The minimum Gasteiger partial charge on any atom is -0.480 e. The Morgan fingerprint density at radius 2 is 1.88 bits per heavy atom. The van der Waals surface area contributed by atoms with Crippen molar-refractivity contribution in [2.75, 3.05) is 5.32 Å². The predicted octanol–water partition coefficient (Wildman–Crippen LogP) is 3.22. The summed E-state index contributed by atoms with van der Waals surface area (Å²) in [5.41, 5.74) is 1.28. The summed E-state index contributed by atoms with van der Waals surface area (Å²) in [6, 6.07) is 16.8. The fourth-order valence-electron chi connectivity index (χ4n) is 3.32. The van der Waals surface area contributed by atoms with Gasteiger partial charge in [0.1, 0.15) is 6.04 Å². The fraction of sp³-hybridized carbons (Fsp3) is 0.167. The number of benzene rings is 2. The van der Waals surface area contributed by atoms with E-state index in [2.05, 4.69) is 15.6 Å². The minimum atomic E-state index is -1.09. The van der Waals surface area contributed by atoms with Crippen LogP contribution in [0.25, 0.3) is 10.9 Å². The number of carboxylic acids is 1. The van der Waals surface area contributed by atoms with Crippen LogP contribution in [0.4, 0.5) is 6.01 Å². The standard InChI is InChI=1S/C24H21N3O5S/c28-21(13-17-7-4-10-33-17)25-14-16-8-9-19-18(11-16)23(31)32-24(26-19)27-20(22(29)30)12-15-5-2-1-3-6-15/h1-11,20H,12-14H2,(H,25,28)(H,26,27)(H,29,30)/t20-/m0/s1. The molecule has 4 rings (SSSR count). The van der Waals surface area contributed by atoms with Crippen molar-refractivity contribution in [3.05, 3.63) is 92.5 Å². The average Bonchev–Trinajstić information content (AvgIpc) is 3.31. The molecule has 0 spiro atoms. The number of carbonyl (C=O) groups excluding carboxylic acids is 1. The van der Waals surface area contributed by atoms with E-state index in [4.69, 9.17) is 4.42 Å². The molecule has 0 aliphatic heterocycles. The van der Waals surface area contributed by atoms with Gasteiger partial charge in [-0.05, 0) is 34.7 Å². The molecule has 8 nitrogen and oxygen atoms in total. The Morgan fingerprint density at radius 1 is 1.06 bits per heavy atom. The Balaban J connectivity index is 1.46. The van der Waals surface area contributed by atoms with Crippen LogP contribution < -0.4 is 16.3 Å². The van der Waals surface area contributed by atoms with E-state index < -0.39 is 17.6 Å². The van der Waals surface area contributed by atoms with Crippen LogP contribution in [-0.4, -0.2) is 28.0 Å². The third-order valence-electron chi connectivity index (χ3n) is 4.98. The molecule has 0 aliphatic carbocycles. The Morgan fingerprint density at radius 3 is 2.61 bits per heavy atom. The molecule has 2 heterocycles. The Kier molecular flexibility index (Phi) is 6.80. The Labute approximate surface area is 192 Å². The highest BCUT2D eigenvalue weighted by molar-refractivity contribution is 7.10. The lowest BCUT2D eigenvalue weighted by Gasteiger charge is -2.14. The van der Waals surface area contributed by atoms with E-state index in [9.17, 15) is 19.5 Å². The Hall–Kier alpha value is -3.98. The topological polar surface area (TPSA) is 122 Å². The molecule has 0 bridgehead atoms. The second-order valence-electron chi connectivity index (χ2n) is 7.42. The van der Waals surface area contributed by atoms with Crippen molar-refractivity contribution >= 4 is 40.1 Å². The summed E-state index contributed by atoms with van der Waals surface area (Å²) in [5.74, 6) is -1.20. The van der Waals surface area contributed by atoms with Gasteiger partial charge in [0.25, 0.3) is 6.01 Å². The lowest BCUT2D eigenvalue weighted by Crippen LogP contribution is -2.32. The molecule has 2 aromatic heterocycles. The van der Waals surface area contributed by atoms with Gasteiger partial charge in [0.15, 0.2) is 0 Å². The molecule has 4 aromatic rings. The van der Waals surface area contributed by atoms with E-state index in [1.54, 1.807) is 18.2 Å². The fourth-order valence-corrected chi connectivity index (χ4v) is 4.03. The first kappa shape index (κ1) is 22.2. The monoisotopic (exact) mass is 463 g/mol. The van der Waals surface area contributed by atoms with Crippen molar-refractivity contribution in [3.63, 3.8) is 0 Å². The van der Waals surface area contributed by atoms with Gasteiger partial charge in [0.05, 0.1) is 17.3 Å². The van der Waals surface area contributed by atoms with Crippen molar-refractivity contribution in [2.24, 2.45) is 0 Å². The minimum absolute atomic E-state index is 0.111. The number of carbonyl (C=O) groups is 2. The maximum absolute atomic E-state index is 12.5. The first-order valence-electron chi connectivity index (χ1n) is 10.2. The molecule has 0 saturated carbocycles. The smallest absolute Gasteiger partial charge is 0.348 e. The summed E-state index contributed by atoms with van der Waals surface area (Å²) in [6.45, 7) is 0.262. The predicted molar refractivity (Wildman–Crippen MR) is 125 cm³/mol. The molecular formula is C24H21N3O5S. The van der Waals surface area contributed by atoms with Crippen LogP contribution in [-0.2, 0) is 29.0 Å². The second kappa shape index (κ2) is 10.1. The van der Waals surface area contributed by atoms with Crippen LogP contribution in [0.5, 0.6) is 0 Å². The third kappa shape index (κ3) is 5.83. The maximum Gasteiger partial charge on any atom is 0.348 e. The van der Waals surface area contributed by atoms with Gasteiger partial charge < -0.3 is 20.2 Å². The van der Waals surface area contributed by atoms with Gasteiger partial charge >= 0.3 is 11.6 Å². The highest BCUT2D eigenvalue weighted by atomic mass is 32.1. The molecule has 3 N–H and O–H groups in total. The van der Waals surface area contributed by atoms with E-state index in [0.29, 0.717) is 11.9 Å². The first-order valence-corrected chi connectivity index (χ1v) is 11.1. The van der Waals surface area contributed by atoms with Gasteiger partial charge in [-0.1, -0.05) is 42.5 Å². The second-order valence-corrected chi connectivity index (χ2v) is 8.45. The zero-order valence-electron chi connectivity index (χ0n) is 17.5. The summed E-state index contributed by atoms with van der Waals surface area (Å²) >= 11 is 1.52. The molecule has 9 heteroatoms. The average molecular weight is 464 g/mol. The first-order chi connectivity index (χ1) is 16.0. The summed E-state index contributed by atoms with van der Waals surface area (Å²) in [6.07, 6.45) is 0.501. The molecule has 0 aliphatic rings. The number of nitrogens with one attached hydrogen (secondary N) is 2. The Bertz CT molecular complexity index is 1320. The summed E-state index contributed by atoms with van der Waals surface area (Å²) in [5, 5.41) is 17.3. The normalized spacial score (nSPS) is 11.8.